The average Bonchev–Trinajstić information content (AvgIpc) is 3.12. The number of quaternary nitrogens is 1. The van der Waals surface area contributed by atoms with E-state index in [-0.39, 0.29) is 49.1 Å². The van der Waals surface area contributed by atoms with Gasteiger partial charge < -0.3 is 28.6 Å². The summed E-state index contributed by atoms with van der Waals surface area (Å²) in [6, 6.07) is -0.732. The van der Waals surface area contributed by atoms with Crippen molar-refractivity contribution in [3.8, 4) is 0 Å². The number of esters is 2. The van der Waals surface area contributed by atoms with Gasteiger partial charge in [0.1, 0.15) is 12.6 Å². The minimum Gasteiger partial charge on any atom is -0.544 e. The van der Waals surface area contributed by atoms with Crippen LogP contribution in [0.5, 0.6) is 0 Å². The zero-order valence-corrected chi connectivity index (χ0v) is 35.6. The monoisotopic (exact) mass is 762 g/mol. The summed E-state index contributed by atoms with van der Waals surface area (Å²) in [7, 11) is 5.39. The number of allylic oxidation sites excluding steroid dienone is 6. The summed E-state index contributed by atoms with van der Waals surface area (Å²) < 4.78 is 17.1. The quantitative estimate of drug-likeness (QED) is 0.0266. The molecule has 0 fully saturated rings. The summed E-state index contributed by atoms with van der Waals surface area (Å²) in [5.41, 5.74) is 0. The van der Waals surface area contributed by atoms with E-state index in [4.69, 9.17) is 14.2 Å². The van der Waals surface area contributed by atoms with E-state index in [0.29, 0.717) is 12.8 Å². The fourth-order valence-corrected chi connectivity index (χ4v) is 6.29. The van der Waals surface area contributed by atoms with Crippen LogP contribution in [0.2, 0.25) is 0 Å². The van der Waals surface area contributed by atoms with Gasteiger partial charge in [-0.1, -0.05) is 147 Å². The summed E-state index contributed by atoms with van der Waals surface area (Å²) >= 11 is 0. The zero-order chi connectivity index (χ0) is 40.0. The third-order valence-corrected chi connectivity index (χ3v) is 9.76. The van der Waals surface area contributed by atoms with Gasteiger partial charge in [-0.2, -0.15) is 0 Å². The van der Waals surface area contributed by atoms with E-state index in [0.717, 1.165) is 32.1 Å². The van der Waals surface area contributed by atoms with Crippen molar-refractivity contribution in [1.82, 2.24) is 0 Å². The molecular formula is C46H83NO7. The standard InChI is InChI=1S/C46H83NO7/c1-6-8-10-12-14-16-18-20-21-22-23-25-27-29-31-33-35-37-45(49)54-42(40-52-39-38-43(46(50)51)47(3,4)5)41-53-44(48)36-34-32-30-28-26-24-19-17-15-13-11-9-7-2/h20-21,24,26,30,32,42-43H,6-19,22-23,25,27-29,31,33-41H2,1-5H3/b21-20+,26-24+,32-30+. The first kappa shape index (κ1) is 51.5. The van der Waals surface area contributed by atoms with Crippen LogP contribution in [0.1, 0.15) is 187 Å². The number of carboxylic acids is 1. The normalized spacial score (nSPS) is 13.3. The molecule has 0 saturated carbocycles. The van der Waals surface area contributed by atoms with Crippen molar-refractivity contribution < 1.29 is 38.2 Å². The van der Waals surface area contributed by atoms with Crippen molar-refractivity contribution in [1.29, 1.82) is 0 Å². The predicted octanol–water partition coefficient (Wildman–Crippen LogP) is 10.5. The van der Waals surface area contributed by atoms with E-state index >= 15 is 0 Å². The van der Waals surface area contributed by atoms with Crippen molar-refractivity contribution in [2.45, 2.75) is 199 Å². The lowest BCUT2D eigenvalue weighted by molar-refractivity contribution is -0.889. The van der Waals surface area contributed by atoms with E-state index in [1.54, 1.807) is 21.1 Å². The molecule has 0 aromatic heterocycles. The van der Waals surface area contributed by atoms with E-state index in [2.05, 4.69) is 44.2 Å². The molecule has 0 aliphatic rings. The number of hydrogen-bond donors (Lipinski definition) is 0. The summed E-state index contributed by atoms with van der Waals surface area (Å²) in [6.45, 7) is 4.58. The fraction of sp³-hybridized carbons (Fsp3) is 0.804. The molecule has 0 N–H and O–H groups in total. The molecule has 0 amide bonds. The van der Waals surface area contributed by atoms with Crippen LogP contribution in [0.4, 0.5) is 0 Å². The highest BCUT2D eigenvalue weighted by Gasteiger charge is 2.25. The number of rotatable bonds is 39. The topological polar surface area (TPSA) is 102 Å². The molecule has 0 saturated heterocycles. The lowest BCUT2D eigenvalue weighted by Crippen LogP contribution is -2.55. The van der Waals surface area contributed by atoms with Crippen LogP contribution >= 0.6 is 0 Å². The molecule has 8 nitrogen and oxygen atoms in total. The van der Waals surface area contributed by atoms with Crippen LogP contribution in [-0.2, 0) is 28.6 Å². The van der Waals surface area contributed by atoms with Crippen molar-refractivity contribution in [3.63, 3.8) is 0 Å². The third kappa shape index (κ3) is 35.3. The predicted molar refractivity (Wildman–Crippen MR) is 222 cm³/mol. The van der Waals surface area contributed by atoms with Gasteiger partial charge in [-0.3, -0.25) is 9.59 Å². The van der Waals surface area contributed by atoms with Gasteiger partial charge in [0.2, 0.25) is 0 Å². The Balaban J connectivity index is 4.41. The minimum absolute atomic E-state index is 0.0230. The van der Waals surface area contributed by atoms with Crippen LogP contribution in [0.3, 0.4) is 0 Å². The first-order valence-electron chi connectivity index (χ1n) is 22.0. The Hall–Kier alpha value is -2.45. The second-order valence-electron chi connectivity index (χ2n) is 15.9. The van der Waals surface area contributed by atoms with Gasteiger partial charge in [0, 0.05) is 19.3 Å². The molecule has 0 bridgehead atoms. The van der Waals surface area contributed by atoms with Crippen LogP contribution in [0.15, 0.2) is 36.5 Å². The van der Waals surface area contributed by atoms with Crippen molar-refractivity contribution in [3.05, 3.63) is 36.5 Å². The van der Waals surface area contributed by atoms with E-state index in [1.807, 2.05) is 6.08 Å². The van der Waals surface area contributed by atoms with E-state index in [1.165, 1.54) is 116 Å². The van der Waals surface area contributed by atoms with E-state index in [9.17, 15) is 19.5 Å². The molecule has 0 aromatic rings. The maximum Gasteiger partial charge on any atom is 0.306 e. The molecule has 0 aliphatic heterocycles. The molecule has 54 heavy (non-hydrogen) atoms. The highest BCUT2D eigenvalue weighted by Crippen LogP contribution is 2.13. The molecular weight excluding hydrogens is 679 g/mol. The lowest BCUT2D eigenvalue weighted by atomic mass is 10.1. The molecule has 8 heteroatoms. The van der Waals surface area contributed by atoms with Gasteiger partial charge in [0.05, 0.1) is 40.3 Å². The van der Waals surface area contributed by atoms with Gasteiger partial charge in [-0.15, -0.1) is 0 Å². The number of nitrogens with zero attached hydrogens (tertiary/aromatic N) is 1. The van der Waals surface area contributed by atoms with Gasteiger partial charge in [0.25, 0.3) is 0 Å². The summed E-state index contributed by atoms with van der Waals surface area (Å²) in [5, 5.41) is 11.6. The number of carboxylic acid groups (broad SMARTS) is 1. The largest absolute Gasteiger partial charge is 0.544 e. The Morgan fingerprint density at radius 1 is 0.556 bits per heavy atom. The molecule has 2 atom stereocenters. The molecule has 0 heterocycles. The van der Waals surface area contributed by atoms with Gasteiger partial charge in [-0.05, 0) is 57.8 Å². The van der Waals surface area contributed by atoms with Crippen LogP contribution in [0, 0.1) is 0 Å². The summed E-state index contributed by atoms with van der Waals surface area (Å²) in [6.07, 6.45) is 41.8. The Bertz CT molecular complexity index is 984. The fourth-order valence-electron chi connectivity index (χ4n) is 6.29. The lowest BCUT2D eigenvalue weighted by Gasteiger charge is -2.34. The second kappa shape index (κ2) is 37.5. The number of unbranched alkanes of at least 4 members (excludes halogenated alkanes) is 19. The maximum absolute atomic E-state index is 12.7. The minimum atomic E-state index is -1.13. The Morgan fingerprint density at radius 2 is 1.02 bits per heavy atom. The van der Waals surface area contributed by atoms with Crippen molar-refractivity contribution in [2.75, 3.05) is 41.0 Å². The Labute approximate surface area is 332 Å². The van der Waals surface area contributed by atoms with Crippen LogP contribution in [-0.4, -0.2) is 75.5 Å². The number of carbonyl (C=O) groups excluding carboxylic acids is 3. The number of carbonyl (C=O) groups is 3. The average molecular weight is 762 g/mol. The molecule has 2 unspecified atom stereocenters. The Kier molecular flexibility index (Phi) is 35.8. The molecule has 0 aliphatic carbocycles. The van der Waals surface area contributed by atoms with Crippen LogP contribution in [0.25, 0.3) is 0 Å². The van der Waals surface area contributed by atoms with Crippen molar-refractivity contribution >= 4 is 17.9 Å². The molecule has 0 spiro atoms. The van der Waals surface area contributed by atoms with Gasteiger partial charge in [0.15, 0.2) is 6.10 Å². The number of likely N-dealkylation sites (N-methyl/N-ethyl adjacent to an activating group) is 1. The second-order valence-corrected chi connectivity index (χ2v) is 15.9. The van der Waals surface area contributed by atoms with Gasteiger partial charge in [-0.25, -0.2) is 0 Å². The van der Waals surface area contributed by atoms with Crippen molar-refractivity contribution in [2.24, 2.45) is 0 Å². The third-order valence-electron chi connectivity index (χ3n) is 9.76. The molecule has 0 rings (SSSR count). The highest BCUT2D eigenvalue weighted by atomic mass is 16.6. The first-order chi connectivity index (χ1) is 26.1. The first-order valence-corrected chi connectivity index (χ1v) is 22.0. The van der Waals surface area contributed by atoms with Crippen LogP contribution < -0.4 is 5.11 Å². The van der Waals surface area contributed by atoms with E-state index < -0.39 is 18.1 Å². The maximum atomic E-state index is 12.7. The molecule has 0 aromatic carbocycles. The van der Waals surface area contributed by atoms with Gasteiger partial charge >= 0.3 is 11.9 Å². The highest BCUT2D eigenvalue weighted by molar-refractivity contribution is 5.70. The number of ether oxygens (including phenoxy) is 3. The number of aliphatic carboxylic acids is 1. The Morgan fingerprint density at radius 3 is 1.52 bits per heavy atom. The zero-order valence-electron chi connectivity index (χ0n) is 35.6. The summed E-state index contributed by atoms with van der Waals surface area (Å²) in [5.74, 6) is -1.82. The molecule has 0 radical (unpaired) electrons. The molecule has 314 valence electrons. The summed E-state index contributed by atoms with van der Waals surface area (Å²) in [4.78, 5) is 36.8. The smallest absolute Gasteiger partial charge is 0.306 e. The SMILES string of the molecule is CCCCCCCC/C=C/C/C=C/CCC(=O)OCC(COCCC(C(=O)[O-])[N+](C)(C)C)OC(=O)CCCCCCCCC/C=C/CCCCCCCC. The number of hydrogen-bond acceptors (Lipinski definition) is 7.